The number of nitrogens with two attached hydrogens (primary N) is 1. The molecular weight excluding hydrogens is 378 g/mol. The highest BCUT2D eigenvalue weighted by Gasteiger charge is 2.36. The summed E-state index contributed by atoms with van der Waals surface area (Å²) < 4.78 is 0. The maximum absolute atomic E-state index is 12.4. The molecule has 0 saturated heterocycles. The lowest BCUT2D eigenvalue weighted by molar-refractivity contribution is -0.384. The molecule has 2 aromatic carbocycles. The minimum Gasteiger partial charge on any atom is -0.397 e. The van der Waals surface area contributed by atoms with E-state index in [0.29, 0.717) is 17.8 Å². The molecule has 2 aromatic rings. The van der Waals surface area contributed by atoms with Gasteiger partial charge in [0.2, 0.25) is 0 Å². The number of nitrogens with zero attached hydrogens (tertiary/aromatic N) is 2. The second kappa shape index (κ2) is 7.97. The van der Waals surface area contributed by atoms with Crippen molar-refractivity contribution < 1.29 is 19.3 Å². The van der Waals surface area contributed by atoms with Crippen LogP contribution in [-0.2, 0) is 0 Å². The average Bonchev–Trinajstić information content (AvgIpc) is 2.91. The highest BCUT2D eigenvalue weighted by atomic mass is 16.6. The molecule has 0 unspecified atom stereocenters. The molecule has 0 atom stereocenters. The summed E-state index contributed by atoms with van der Waals surface area (Å²) in [5, 5.41) is 16.1. The summed E-state index contributed by atoms with van der Waals surface area (Å²) in [6.07, 6.45) is 0.324. The van der Waals surface area contributed by atoms with E-state index in [1.54, 1.807) is 12.1 Å². The number of rotatable bonds is 6. The van der Waals surface area contributed by atoms with E-state index in [4.69, 9.17) is 5.73 Å². The van der Waals surface area contributed by atoms with Crippen LogP contribution in [0.4, 0.5) is 21.9 Å². The molecule has 4 N–H and O–H groups in total. The van der Waals surface area contributed by atoms with E-state index in [0.717, 1.165) is 16.5 Å². The average molecular weight is 397 g/mol. The van der Waals surface area contributed by atoms with E-state index in [1.807, 2.05) is 13.0 Å². The Balaban J connectivity index is 1.51. The number of hydrogen-bond acceptors (Lipinski definition) is 6. The number of carbonyl (C=O) groups excluding carboxylic acids is 3. The van der Waals surface area contributed by atoms with Crippen LogP contribution < -0.4 is 16.4 Å². The van der Waals surface area contributed by atoms with Gasteiger partial charge in [0, 0.05) is 25.2 Å². The minimum atomic E-state index is -0.621. The van der Waals surface area contributed by atoms with Gasteiger partial charge in [0.05, 0.1) is 27.4 Å². The molecule has 1 aliphatic heterocycles. The van der Waals surface area contributed by atoms with Gasteiger partial charge in [0.1, 0.15) is 0 Å². The Morgan fingerprint density at radius 1 is 1.14 bits per heavy atom. The summed E-state index contributed by atoms with van der Waals surface area (Å²) in [4.78, 5) is 47.9. The smallest absolute Gasteiger partial charge is 0.319 e. The van der Waals surface area contributed by atoms with Gasteiger partial charge < -0.3 is 16.4 Å². The van der Waals surface area contributed by atoms with Gasteiger partial charge in [-0.3, -0.25) is 24.6 Å². The molecule has 150 valence electrons. The lowest BCUT2D eigenvalue weighted by Crippen LogP contribution is -2.35. The van der Waals surface area contributed by atoms with E-state index in [1.165, 1.54) is 12.1 Å². The highest BCUT2D eigenvalue weighted by molar-refractivity contribution is 6.21. The van der Waals surface area contributed by atoms with Crippen molar-refractivity contribution in [2.75, 3.05) is 24.1 Å². The number of nitro benzene ring substituents is 1. The van der Waals surface area contributed by atoms with Crippen molar-refractivity contribution in [3.8, 4) is 0 Å². The van der Waals surface area contributed by atoms with E-state index in [2.05, 4.69) is 10.6 Å². The van der Waals surface area contributed by atoms with Gasteiger partial charge in [-0.1, -0.05) is 6.07 Å². The van der Waals surface area contributed by atoms with Gasteiger partial charge in [-0.05, 0) is 37.1 Å². The molecule has 0 bridgehead atoms. The Bertz CT molecular complexity index is 1020. The predicted octanol–water partition coefficient (Wildman–Crippen LogP) is 2.29. The Kier molecular flexibility index (Phi) is 5.44. The number of fused-ring (bicyclic) bond motifs is 1. The first-order valence-corrected chi connectivity index (χ1v) is 8.83. The zero-order valence-corrected chi connectivity index (χ0v) is 15.6. The van der Waals surface area contributed by atoms with Crippen LogP contribution in [0.25, 0.3) is 0 Å². The molecule has 4 amide bonds. The quantitative estimate of drug-likeness (QED) is 0.224. The maximum atomic E-state index is 12.4. The molecule has 1 heterocycles. The summed E-state index contributed by atoms with van der Waals surface area (Å²) in [6.45, 7) is 2.18. The minimum absolute atomic E-state index is 0.0183. The topological polar surface area (TPSA) is 148 Å². The molecule has 0 aliphatic carbocycles. The molecule has 1 aliphatic rings. The number of amides is 4. The summed E-state index contributed by atoms with van der Waals surface area (Å²) in [7, 11) is 0. The number of hydrogen-bond donors (Lipinski definition) is 3. The molecule has 0 fully saturated rings. The monoisotopic (exact) mass is 397 g/mol. The van der Waals surface area contributed by atoms with Crippen LogP contribution in [0.1, 0.15) is 32.7 Å². The number of imide groups is 1. The van der Waals surface area contributed by atoms with Crippen LogP contribution in [0, 0.1) is 17.0 Å². The SMILES string of the molecule is Cc1ccc(NC(=O)NCCCN2C(=O)c3ccc([N+](=O)[O-])cc3C2=O)c(N)c1. The fourth-order valence-corrected chi connectivity index (χ4v) is 3.00. The molecule has 3 rings (SSSR count). The van der Waals surface area contributed by atoms with Crippen molar-refractivity contribution >= 4 is 34.9 Å². The van der Waals surface area contributed by atoms with Crippen molar-refractivity contribution in [1.29, 1.82) is 0 Å². The van der Waals surface area contributed by atoms with E-state index >= 15 is 0 Å². The standard InChI is InChI=1S/C19H19N5O5/c1-11-3-6-16(15(20)9-11)22-19(27)21-7-2-8-23-17(25)13-5-4-12(24(28)29)10-14(13)18(23)26/h3-6,9-10H,2,7-8,20H2,1H3,(H2,21,22,27). The third-order valence-electron chi connectivity index (χ3n) is 4.46. The van der Waals surface area contributed by atoms with Gasteiger partial charge in [0.15, 0.2) is 0 Å². The number of non-ortho nitro benzene ring substituents is 1. The van der Waals surface area contributed by atoms with Gasteiger partial charge in [-0.2, -0.15) is 0 Å². The van der Waals surface area contributed by atoms with Crippen LogP contribution in [0.2, 0.25) is 0 Å². The van der Waals surface area contributed by atoms with Gasteiger partial charge in [-0.15, -0.1) is 0 Å². The summed E-state index contributed by atoms with van der Waals surface area (Å²) in [5.74, 6) is -1.08. The number of urea groups is 1. The molecule has 0 spiro atoms. The summed E-state index contributed by atoms with van der Waals surface area (Å²) in [6, 6.07) is 8.37. The lowest BCUT2D eigenvalue weighted by Gasteiger charge is -2.14. The van der Waals surface area contributed by atoms with Crippen molar-refractivity contribution in [3.05, 3.63) is 63.2 Å². The summed E-state index contributed by atoms with van der Waals surface area (Å²) in [5.41, 5.74) is 7.65. The molecule has 10 heteroatoms. The third-order valence-corrected chi connectivity index (χ3v) is 4.46. The third kappa shape index (κ3) is 4.15. The molecule has 0 saturated carbocycles. The predicted molar refractivity (Wildman–Crippen MR) is 106 cm³/mol. The Morgan fingerprint density at radius 2 is 1.86 bits per heavy atom. The first kappa shape index (κ1) is 19.8. The number of anilines is 2. The Hall–Kier alpha value is -3.95. The van der Waals surface area contributed by atoms with Crippen LogP contribution in [0.3, 0.4) is 0 Å². The molecular formula is C19H19N5O5. The Labute approximate surface area is 165 Å². The number of carbonyl (C=O) groups is 3. The first-order chi connectivity index (χ1) is 13.8. The van der Waals surface area contributed by atoms with Crippen LogP contribution >= 0.6 is 0 Å². The maximum Gasteiger partial charge on any atom is 0.319 e. The highest BCUT2D eigenvalue weighted by Crippen LogP contribution is 2.26. The van der Waals surface area contributed by atoms with Crippen molar-refractivity contribution in [1.82, 2.24) is 10.2 Å². The number of nitrogens with one attached hydrogen (secondary N) is 2. The van der Waals surface area contributed by atoms with E-state index < -0.39 is 22.8 Å². The number of aryl methyl sites for hydroxylation is 1. The normalized spacial score (nSPS) is 12.7. The van der Waals surface area contributed by atoms with Gasteiger partial charge in [0.25, 0.3) is 17.5 Å². The first-order valence-electron chi connectivity index (χ1n) is 8.83. The van der Waals surface area contributed by atoms with Crippen molar-refractivity contribution in [2.24, 2.45) is 0 Å². The van der Waals surface area contributed by atoms with Crippen LogP contribution in [0.15, 0.2) is 36.4 Å². The molecule has 29 heavy (non-hydrogen) atoms. The van der Waals surface area contributed by atoms with E-state index in [-0.39, 0.29) is 29.9 Å². The van der Waals surface area contributed by atoms with Crippen LogP contribution in [-0.4, -0.2) is 40.8 Å². The van der Waals surface area contributed by atoms with Crippen LogP contribution in [0.5, 0.6) is 0 Å². The van der Waals surface area contributed by atoms with Crippen molar-refractivity contribution in [3.63, 3.8) is 0 Å². The largest absolute Gasteiger partial charge is 0.397 e. The van der Waals surface area contributed by atoms with Gasteiger partial charge in [-0.25, -0.2) is 4.79 Å². The number of nitrogen functional groups attached to an aromatic ring is 1. The second-order valence-electron chi connectivity index (χ2n) is 6.57. The number of benzene rings is 2. The molecule has 0 aromatic heterocycles. The van der Waals surface area contributed by atoms with Crippen molar-refractivity contribution in [2.45, 2.75) is 13.3 Å². The Morgan fingerprint density at radius 3 is 2.55 bits per heavy atom. The fourth-order valence-electron chi connectivity index (χ4n) is 3.00. The molecule has 0 radical (unpaired) electrons. The fraction of sp³-hybridized carbons (Fsp3) is 0.211. The molecule has 10 nitrogen and oxygen atoms in total. The zero-order chi connectivity index (χ0) is 21.1. The summed E-state index contributed by atoms with van der Waals surface area (Å²) >= 11 is 0. The lowest BCUT2D eigenvalue weighted by atomic mass is 10.1. The van der Waals surface area contributed by atoms with E-state index in [9.17, 15) is 24.5 Å². The zero-order valence-electron chi connectivity index (χ0n) is 15.6. The van der Waals surface area contributed by atoms with Gasteiger partial charge >= 0.3 is 6.03 Å². The second-order valence-corrected chi connectivity index (χ2v) is 6.57. The number of nitro groups is 1.